The fraction of sp³-hybridized carbons (Fsp3) is 0.579. The van der Waals surface area contributed by atoms with Gasteiger partial charge in [0.2, 0.25) is 5.60 Å². The lowest BCUT2D eigenvalue weighted by Crippen LogP contribution is -2.47. The van der Waals surface area contributed by atoms with E-state index in [0.29, 0.717) is 11.4 Å². The lowest BCUT2D eigenvalue weighted by atomic mass is 9.87. The number of aromatic nitrogens is 3. The molecule has 1 saturated carbocycles. The Hall–Kier alpha value is -4.55. The van der Waals surface area contributed by atoms with Gasteiger partial charge in [0.15, 0.2) is 18.0 Å². The molecule has 1 aromatic carbocycles. The first kappa shape index (κ1) is 41.6. The van der Waals surface area contributed by atoms with Crippen LogP contribution in [0.25, 0.3) is 5.52 Å². The number of carbonyl (C=O) groups excluding carboxylic acids is 3. The van der Waals surface area contributed by atoms with Crippen LogP contribution < -0.4 is 15.3 Å². The number of ether oxygens (including phenoxy) is 4. The Balaban J connectivity index is 1.54. The van der Waals surface area contributed by atoms with Crippen LogP contribution in [0.5, 0.6) is 5.75 Å². The van der Waals surface area contributed by atoms with E-state index in [0.717, 1.165) is 18.4 Å². The van der Waals surface area contributed by atoms with Crippen molar-refractivity contribution < 1.29 is 46.9 Å². The van der Waals surface area contributed by atoms with Crippen molar-refractivity contribution in [2.45, 2.75) is 110 Å². The Kier molecular flexibility index (Phi) is 12.6. The van der Waals surface area contributed by atoms with Crippen LogP contribution >= 0.6 is 7.75 Å². The summed E-state index contributed by atoms with van der Waals surface area (Å²) < 4.78 is 52.1. The molecule has 298 valence electrons. The molecule has 0 bridgehead atoms. The van der Waals surface area contributed by atoms with Crippen molar-refractivity contribution in [2.24, 2.45) is 17.8 Å². The minimum Gasteiger partial charge on any atom is -0.464 e. The van der Waals surface area contributed by atoms with Crippen LogP contribution in [0.4, 0.5) is 5.82 Å². The molecule has 3 heterocycles. The first-order valence-electron chi connectivity index (χ1n) is 18.5. The third-order valence-corrected chi connectivity index (χ3v) is 11.0. The number of fused-ring (bicyclic) bond motifs is 1. The van der Waals surface area contributed by atoms with Crippen molar-refractivity contribution in [3.8, 4) is 11.8 Å². The molecule has 0 spiro atoms. The third kappa shape index (κ3) is 9.47. The molecule has 0 amide bonds. The number of rotatable bonds is 16. The van der Waals surface area contributed by atoms with Gasteiger partial charge >= 0.3 is 25.7 Å². The largest absolute Gasteiger partial charge is 0.464 e. The topological polar surface area (TPSA) is 216 Å². The van der Waals surface area contributed by atoms with Crippen LogP contribution in [0.1, 0.15) is 85.9 Å². The number of hydrogen-bond donors (Lipinski definition) is 2. The zero-order valence-corrected chi connectivity index (χ0v) is 33.4. The highest BCUT2D eigenvalue weighted by atomic mass is 31.2. The van der Waals surface area contributed by atoms with E-state index in [1.54, 1.807) is 52.8 Å². The highest BCUT2D eigenvalue weighted by molar-refractivity contribution is 7.52. The summed E-state index contributed by atoms with van der Waals surface area (Å²) in [6.45, 7) is 13.9. The fourth-order valence-corrected chi connectivity index (χ4v) is 7.43. The van der Waals surface area contributed by atoms with Gasteiger partial charge in [-0.2, -0.15) is 15.4 Å². The molecule has 17 heteroatoms. The van der Waals surface area contributed by atoms with E-state index in [1.165, 1.54) is 16.9 Å². The number of esters is 3. The summed E-state index contributed by atoms with van der Waals surface area (Å²) in [7, 11) is -4.51. The minimum atomic E-state index is -4.51. The smallest absolute Gasteiger partial charge is 0.459 e. The van der Waals surface area contributed by atoms with Crippen molar-refractivity contribution in [1.29, 1.82) is 5.26 Å². The predicted octanol–water partition coefficient (Wildman–Crippen LogP) is 5.39. The van der Waals surface area contributed by atoms with Crippen molar-refractivity contribution in [1.82, 2.24) is 19.7 Å². The monoisotopic (exact) mass is 782 g/mol. The molecule has 1 unspecified atom stereocenters. The second-order valence-corrected chi connectivity index (χ2v) is 17.2. The van der Waals surface area contributed by atoms with Crippen molar-refractivity contribution >= 4 is 37.0 Å². The van der Waals surface area contributed by atoms with Crippen molar-refractivity contribution in [2.75, 3.05) is 18.9 Å². The Morgan fingerprint density at radius 1 is 1.04 bits per heavy atom. The Morgan fingerprint density at radius 3 is 2.27 bits per heavy atom. The molecule has 1 aliphatic carbocycles. The molecule has 5 rings (SSSR count). The zero-order valence-electron chi connectivity index (χ0n) is 32.5. The van der Waals surface area contributed by atoms with Crippen LogP contribution in [0, 0.1) is 29.1 Å². The molecule has 3 N–H and O–H groups in total. The molecule has 16 nitrogen and oxygen atoms in total. The summed E-state index contributed by atoms with van der Waals surface area (Å²) >= 11 is 0. The van der Waals surface area contributed by atoms with Gasteiger partial charge in [-0.15, -0.1) is 0 Å². The van der Waals surface area contributed by atoms with Crippen LogP contribution in [-0.4, -0.2) is 70.1 Å². The number of nitrogens with two attached hydrogens (primary N) is 1. The fourth-order valence-electron chi connectivity index (χ4n) is 5.84. The SMILES string of the molecule is CC[C@H](NP(=O)(OC[C@H]1O[C@@](C#N)(c2ccc3c(N)ncnn23)[C@H](OC(=O)C(C)C)[C@@H]1OC(=O)C(C)C)Oc1ccc(C(C)(C)C)cc1)C(=O)OCC1CC1. The van der Waals surface area contributed by atoms with Gasteiger partial charge in [0, 0.05) is 0 Å². The van der Waals surface area contributed by atoms with Crippen LogP contribution in [-0.2, 0) is 53.4 Å². The first-order chi connectivity index (χ1) is 25.9. The van der Waals surface area contributed by atoms with E-state index < -0.39 is 74.1 Å². The molecule has 3 aromatic rings. The van der Waals surface area contributed by atoms with E-state index in [2.05, 4.69) is 21.2 Å². The molecule has 2 fully saturated rings. The number of benzene rings is 1. The molecule has 0 radical (unpaired) electrons. The van der Waals surface area contributed by atoms with Crippen LogP contribution in [0.2, 0.25) is 0 Å². The van der Waals surface area contributed by atoms with E-state index in [1.807, 2.05) is 32.9 Å². The molecule has 1 aliphatic heterocycles. The third-order valence-electron chi connectivity index (χ3n) is 9.39. The Labute approximate surface area is 320 Å². The minimum absolute atomic E-state index is 0.0923. The summed E-state index contributed by atoms with van der Waals surface area (Å²) in [6.07, 6.45) is -1.13. The standard InChI is InChI=1S/C38H51N6O10P/c1-9-27(36(47)49-18-24-10-11-24)43-55(48,54-26-14-12-25(13-15-26)37(6,7)8)50-19-29-31(51-34(45)22(2)3)32(52-35(46)23(4)5)38(20-39,53-29)30-17-16-28-33(40)41-21-42-44(28)30/h12-17,21-24,27,29,31-32H,9-11,18-19H2,1-8H3,(H,43,48)(H2,40,41,42)/t27-,29+,31+,32+,38-,55?/m0/s1. The Bertz CT molecular complexity index is 1950. The number of carbonyl (C=O) groups is 3. The van der Waals surface area contributed by atoms with Gasteiger partial charge < -0.3 is 29.2 Å². The van der Waals surface area contributed by atoms with Gasteiger partial charge in [0.1, 0.15) is 35.8 Å². The average Bonchev–Trinajstić information content (AvgIpc) is 3.79. The Morgan fingerprint density at radius 2 is 1.69 bits per heavy atom. The van der Waals surface area contributed by atoms with E-state index in [9.17, 15) is 24.2 Å². The number of hydrogen-bond acceptors (Lipinski definition) is 14. The molecule has 2 aliphatic rings. The summed E-state index contributed by atoms with van der Waals surface area (Å²) in [4.78, 5) is 43.7. The highest BCUT2D eigenvalue weighted by Gasteiger charge is 2.63. The van der Waals surface area contributed by atoms with Gasteiger partial charge in [-0.3, -0.25) is 18.9 Å². The first-order valence-corrected chi connectivity index (χ1v) is 20.0. The van der Waals surface area contributed by atoms with Crippen molar-refractivity contribution in [3.05, 3.63) is 54.0 Å². The quantitative estimate of drug-likeness (QED) is 0.106. The number of nitrogens with one attached hydrogen (secondary N) is 1. The molecule has 55 heavy (non-hydrogen) atoms. The van der Waals surface area contributed by atoms with Crippen LogP contribution in [0.3, 0.4) is 0 Å². The number of nitrogens with zero attached hydrogens (tertiary/aromatic N) is 4. The highest BCUT2D eigenvalue weighted by Crippen LogP contribution is 2.49. The lowest BCUT2D eigenvalue weighted by Gasteiger charge is -2.29. The van der Waals surface area contributed by atoms with Crippen LogP contribution in [0.15, 0.2) is 42.7 Å². The maximum atomic E-state index is 14.8. The summed E-state index contributed by atoms with van der Waals surface area (Å²) in [6, 6.07) is 11.1. The molecule has 6 atom stereocenters. The van der Waals surface area contributed by atoms with Gasteiger partial charge in [-0.05, 0) is 60.4 Å². The van der Waals surface area contributed by atoms with Gasteiger partial charge in [-0.1, -0.05) is 67.5 Å². The summed E-state index contributed by atoms with van der Waals surface area (Å²) in [5, 5.41) is 18.0. The number of anilines is 1. The van der Waals surface area contributed by atoms with Gasteiger partial charge in [0.25, 0.3) is 0 Å². The van der Waals surface area contributed by atoms with E-state index >= 15 is 0 Å². The van der Waals surface area contributed by atoms with Crippen molar-refractivity contribution in [3.63, 3.8) is 0 Å². The van der Waals surface area contributed by atoms with Gasteiger partial charge in [-0.25, -0.2) is 14.1 Å². The number of nitriles is 1. The number of nitrogen functional groups attached to an aromatic ring is 1. The average molecular weight is 783 g/mol. The maximum Gasteiger partial charge on any atom is 0.459 e. The molecule has 1 saturated heterocycles. The predicted molar refractivity (Wildman–Crippen MR) is 199 cm³/mol. The summed E-state index contributed by atoms with van der Waals surface area (Å²) in [5.41, 5.74) is 5.19. The van der Waals surface area contributed by atoms with Gasteiger partial charge in [0.05, 0.1) is 30.7 Å². The van der Waals surface area contributed by atoms with E-state index in [4.69, 9.17) is 33.7 Å². The lowest BCUT2D eigenvalue weighted by molar-refractivity contribution is -0.173. The maximum absolute atomic E-state index is 14.8. The van der Waals surface area contributed by atoms with E-state index in [-0.39, 0.29) is 35.7 Å². The zero-order chi connectivity index (χ0) is 40.3. The molecular weight excluding hydrogens is 731 g/mol. The molecule has 2 aromatic heterocycles. The second kappa shape index (κ2) is 16.7. The normalized spacial score (nSPS) is 22.9. The molecular formula is C38H51N6O10P. The summed E-state index contributed by atoms with van der Waals surface area (Å²) in [5.74, 6) is -2.74. The second-order valence-electron chi connectivity index (χ2n) is 15.6.